The van der Waals surface area contributed by atoms with Gasteiger partial charge in [-0.05, 0) is 60.3 Å². The first-order valence-electron chi connectivity index (χ1n) is 8.00. The summed E-state index contributed by atoms with van der Waals surface area (Å²) in [5.74, 6) is 2.15. The first kappa shape index (κ1) is 16.5. The quantitative estimate of drug-likeness (QED) is 0.883. The van der Waals surface area contributed by atoms with Gasteiger partial charge in [0.2, 0.25) is 0 Å². The van der Waals surface area contributed by atoms with Crippen LogP contribution in [0.25, 0.3) is 0 Å². The van der Waals surface area contributed by atoms with Gasteiger partial charge in [0, 0.05) is 6.04 Å². The predicted octanol–water partition coefficient (Wildman–Crippen LogP) is 2.85. The van der Waals surface area contributed by atoms with Gasteiger partial charge in [0.1, 0.15) is 0 Å². The maximum atomic E-state index is 9.98. The number of ether oxygens (including phenoxy) is 3. The van der Waals surface area contributed by atoms with Crippen LogP contribution in [0.1, 0.15) is 22.7 Å². The summed E-state index contributed by atoms with van der Waals surface area (Å²) in [6.07, 6.45) is 1.74. The number of hydrogen-bond acceptors (Lipinski definition) is 5. The summed E-state index contributed by atoms with van der Waals surface area (Å²) in [5.41, 5.74) is 3.54. The zero-order valence-corrected chi connectivity index (χ0v) is 14.3. The number of rotatable bonds is 5. The molecule has 0 radical (unpaired) electrons. The van der Waals surface area contributed by atoms with Crippen LogP contribution < -0.4 is 19.5 Å². The molecule has 1 heterocycles. The van der Waals surface area contributed by atoms with E-state index in [0.717, 1.165) is 36.4 Å². The number of nitrogens with one attached hydrogen (secondary N) is 1. The number of phenols is 1. The van der Waals surface area contributed by atoms with Gasteiger partial charge >= 0.3 is 0 Å². The van der Waals surface area contributed by atoms with Crippen LogP contribution >= 0.6 is 0 Å². The van der Waals surface area contributed by atoms with E-state index in [0.29, 0.717) is 5.75 Å². The Balaban J connectivity index is 1.90. The smallest absolute Gasteiger partial charge is 0.161 e. The van der Waals surface area contributed by atoms with Gasteiger partial charge in [0.15, 0.2) is 23.0 Å². The molecular formula is C19H23NO4. The van der Waals surface area contributed by atoms with Gasteiger partial charge in [0.05, 0.1) is 21.3 Å². The maximum absolute atomic E-state index is 9.98. The van der Waals surface area contributed by atoms with E-state index in [1.807, 2.05) is 12.1 Å². The van der Waals surface area contributed by atoms with Crippen molar-refractivity contribution >= 4 is 0 Å². The number of hydrogen-bond donors (Lipinski definition) is 2. The first-order chi connectivity index (χ1) is 11.7. The molecule has 0 fully saturated rings. The van der Waals surface area contributed by atoms with Crippen LogP contribution in [0.3, 0.4) is 0 Å². The number of aromatic hydroxyl groups is 1. The second kappa shape index (κ2) is 7.01. The van der Waals surface area contributed by atoms with Crippen molar-refractivity contribution in [2.24, 2.45) is 0 Å². The first-order valence-corrected chi connectivity index (χ1v) is 8.00. The molecule has 5 heteroatoms. The van der Waals surface area contributed by atoms with Crippen molar-refractivity contribution in [3.8, 4) is 23.0 Å². The Morgan fingerprint density at radius 1 is 1.00 bits per heavy atom. The van der Waals surface area contributed by atoms with Crippen molar-refractivity contribution < 1.29 is 19.3 Å². The molecule has 0 amide bonds. The minimum atomic E-state index is 0.165. The molecule has 0 saturated carbocycles. The lowest BCUT2D eigenvalue weighted by molar-refractivity contribution is 0.352. The van der Waals surface area contributed by atoms with Gasteiger partial charge in [-0.25, -0.2) is 0 Å². The zero-order valence-electron chi connectivity index (χ0n) is 14.3. The average Bonchev–Trinajstić information content (AvgIpc) is 2.61. The summed E-state index contributed by atoms with van der Waals surface area (Å²) in [6, 6.07) is 9.82. The third kappa shape index (κ3) is 3.12. The fourth-order valence-electron chi connectivity index (χ4n) is 3.25. The Kier molecular flexibility index (Phi) is 4.81. The van der Waals surface area contributed by atoms with Gasteiger partial charge < -0.3 is 24.6 Å². The van der Waals surface area contributed by atoms with E-state index in [-0.39, 0.29) is 11.8 Å². The lowest BCUT2D eigenvalue weighted by Gasteiger charge is -2.28. The molecule has 1 atom stereocenters. The average molecular weight is 329 g/mol. The molecule has 0 saturated heterocycles. The van der Waals surface area contributed by atoms with Gasteiger partial charge in [-0.15, -0.1) is 0 Å². The van der Waals surface area contributed by atoms with Crippen molar-refractivity contribution in [1.82, 2.24) is 5.32 Å². The van der Waals surface area contributed by atoms with Gasteiger partial charge in [-0.1, -0.05) is 6.07 Å². The molecule has 0 spiro atoms. The maximum Gasteiger partial charge on any atom is 0.161 e. The van der Waals surface area contributed by atoms with Crippen molar-refractivity contribution in [3.63, 3.8) is 0 Å². The predicted molar refractivity (Wildman–Crippen MR) is 92.4 cm³/mol. The zero-order chi connectivity index (χ0) is 17.1. The summed E-state index contributed by atoms with van der Waals surface area (Å²) < 4.78 is 16.0. The van der Waals surface area contributed by atoms with Crippen LogP contribution in [0.15, 0.2) is 30.3 Å². The minimum absolute atomic E-state index is 0.165. The number of benzene rings is 2. The summed E-state index contributed by atoms with van der Waals surface area (Å²) >= 11 is 0. The lowest BCUT2D eigenvalue weighted by atomic mass is 9.89. The standard InChI is InChI=1S/C19H23NO4/c1-22-17-5-4-12(9-16(17)21)8-15-14-11-19(24-3)18(23-2)10-13(14)6-7-20-15/h4-5,9-11,15,20-21H,6-8H2,1-3H3. The summed E-state index contributed by atoms with van der Waals surface area (Å²) in [5, 5.41) is 13.5. The van der Waals surface area contributed by atoms with Crippen LogP contribution in [0.5, 0.6) is 23.0 Å². The highest BCUT2D eigenvalue weighted by atomic mass is 16.5. The van der Waals surface area contributed by atoms with Crippen LogP contribution in [-0.2, 0) is 12.8 Å². The number of fused-ring (bicyclic) bond motifs is 1. The third-order valence-corrected chi connectivity index (χ3v) is 4.49. The molecule has 0 aliphatic carbocycles. The highest BCUT2D eigenvalue weighted by Gasteiger charge is 2.23. The Labute approximate surface area is 142 Å². The van der Waals surface area contributed by atoms with Crippen molar-refractivity contribution in [1.29, 1.82) is 0 Å². The molecule has 1 unspecified atom stereocenters. The van der Waals surface area contributed by atoms with E-state index >= 15 is 0 Å². The van der Waals surface area contributed by atoms with Crippen molar-refractivity contribution in [2.75, 3.05) is 27.9 Å². The van der Waals surface area contributed by atoms with E-state index in [9.17, 15) is 5.11 Å². The highest BCUT2D eigenvalue weighted by Crippen LogP contribution is 2.37. The van der Waals surface area contributed by atoms with E-state index in [4.69, 9.17) is 14.2 Å². The molecule has 2 aromatic rings. The molecule has 2 aromatic carbocycles. The number of methoxy groups -OCH3 is 3. The van der Waals surface area contributed by atoms with Gasteiger partial charge in [-0.2, -0.15) is 0 Å². The highest BCUT2D eigenvalue weighted by molar-refractivity contribution is 5.50. The molecule has 3 rings (SSSR count). The largest absolute Gasteiger partial charge is 0.504 e. The molecule has 5 nitrogen and oxygen atoms in total. The normalized spacial score (nSPS) is 16.4. The Morgan fingerprint density at radius 3 is 2.38 bits per heavy atom. The molecule has 0 aromatic heterocycles. The second-order valence-corrected chi connectivity index (χ2v) is 5.87. The Morgan fingerprint density at radius 2 is 1.71 bits per heavy atom. The molecular weight excluding hydrogens is 306 g/mol. The molecule has 1 aliphatic heterocycles. The summed E-state index contributed by atoms with van der Waals surface area (Å²) in [6.45, 7) is 0.912. The minimum Gasteiger partial charge on any atom is -0.504 e. The van der Waals surface area contributed by atoms with Crippen molar-refractivity contribution in [2.45, 2.75) is 18.9 Å². The molecule has 2 N–H and O–H groups in total. The molecule has 128 valence electrons. The lowest BCUT2D eigenvalue weighted by Crippen LogP contribution is -2.31. The van der Waals surface area contributed by atoms with E-state index < -0.39 is 0 Å². The van der Waals surface area contributed by atoms with Crippen LogP contribution in [0, 0.1) is 0 Å². The fraction of sp³-hybridized carbons (Fsp3) is 0.368. The van der Waals surface area contributed by atoms with Crippen molar-refractivity contribution in [3.05, 3.63) is 47.0 Å². The van der Waals surface area contributed by atoms with Crippen LogP contribution in [-0.4, -0.2) is 33.0 Å². The van der Waals surface area contributed by atoms with E-state index in [1.165, 1.54) is 11.1 Å². The SMILES string of the molecule is COc1ccc(CC2NCCc3cc(OC)c(OC)cc32)cc1O. The monoisotopic (exact) mass is 329 g/mol. The number of phenolic OH excluding ortho intramolecular Hbond substituents is 1. The molecule has 1 aliphatic rings. The topological polar surface area (TPSA) is 60.0 Å². The van der Waals surface area contributed by atoms with E-state index in [2.05, 4.69) is 11.4 Å². The van der Waals surface area contributed by atoms with Crippen LogP contribution in [0.2, 0.25) is 0 Å². The van der Waals surface area contributed by atoms with Gasteiger partial charge in [-0.3, -0.25) is 0 Å². The summed E-state index contributed by atoms with van der Waals surface area (Å²) in [4.78, 5) is 0. The second-order valence-electron chi connectivity index (χ2n) is 5.87. The molecule has 24 heavy (non-hydrogen) atoms. The Hall–Kier alpha value is -2.40. The summed E-state index contributed by atoms with van der Waals surface area (Å²) in [7, 11) is 4.85. The fourth-order valence-corrected chi connectivity index (χ4v) is 3.25. The van der Waals surface area contributed by atoms with Gasteiger partial charge in [0.25, 0.3) is 0 Å². The van der Waals surface area contributed by atoms with Crippen LogP contribution in [0.4, 0.5) is 0 Å². The third-order valence-electron chi connectivity index (χ3n) is 4.49. The Bertz CT molecular complexity index is 730. The molecule has 0 bridgehead atoms. The van der Waals surface area contributed by atoms with E-state index in [1.54, 1.807) is 33.5 Å².